The van der Waals surface area contributed by atoms with Crippen LogP contribution in [0.5, 0.6) is 11.5 Å². The third kappa shape index (κ3) is 2.77. The lowest BCUT2D eigenvalue weighted by atomic mass is 10.2. The van der Waals surface area contributed by atoms with Gasteiger partial charge in [0.25, 0.3) is 0 Å². The maximum Gasteiger partial charge on any atom is 0.161 e. The highest BCUT2D eigenvalue weighted by Gasteiger charge is 2.12. The van der Waals surface area contributed by atoms with E-state index in [0.717, 1.165) is 35.0 Å². The maximum absolute atomic E-state index is 5.60. The van der Waals surface area contributed by atoms with E-state index in [2.05, 4.69) is 9.55 Å². The molecule has 0 fully saturated rings. The summed E-state index contributed by atoms with van der Waals surface area (Å²) in [6.45, 7) is 3.16. The second kappa shape index (κ2) is 6.43. The van der Waals surface area contributed by atoms with Crippen molar-refractivity contribution in [3.05, 3.63) is 30.1 Å². The van der Waals surface area contributed by atoms with E-state index in [-0.39, 0.29) is 0 Å². The Morgan fingerprint density at radius 3 is 2.75 bits per heavy atom. The van der Waals surface area contributed by atoms with Crippen molar-refractivity contribution in [2.75, 3.05) is 20.3 Å². The van der Waals surface area contributed by atoms with Crippen LogP contribution in [-0.2, 0) is 13.5 Å². The van der Waals surface area contributed by atoms with Gasteiger partial charge in [-0.25, -0.2) is 4.98 Å². The van der Waals surface area contributed by atoms with Crippen molar-refractivity contribution in [3.63, 3.8) is 0 Å². The van der Waals surface area contributed by atoms with Crippen LogP contribution in [-0.4, -0.2) is 29.8 Å². The molecule has 1 aromatic heterocycles. The molecular formula is C15H21N3O2. The van der Waals surface area contributed by atoms with E-state index in [4.69, 9.17) is 15.2 Å². The molecule has 2 aromatic rings. The number of nitrogens with zero attached hydrogens (tertiary/aromatic N) is 2. The predicted molar refractivity (Wildman–Crippen MR) is 79.1 cm³/mol. The summed E-state index contributed by atoms with van der Waals surface area (Å²) in [7, 11) is 3.63. The van der Waals surface area contributed by atoms with Gasteiger partial charge in [-0.1, -0.05) is 0 Å². The molecule has 0 saturated carbocycles. The summed E-state index contributed by atoms with van der Waals surface area (Å²) in [5.41, 5.74) is 7.72. The number of nitrogens with two attached hydrogens (primary N) is 1. The fourth-order valence-electron chi connectivity index (χ4n) is 2.18. The van der Waals surface area contributed by atoms with Crippen molar-refractivity contribution in [2.45, 2.75) is 13.3 Å². The Labute approximate surface area is 119 Å². The Balaban J connectivity index is 2.40. The summed E-state index contributed by atoms with van der Waals surface area (Å²) < 4.78 is 13.0. The molecular weight excluding hydrogens is 254 g/mol. The first kappa shape index (κ1) is 14.4. The smallest absolute Gasteiger partial charge is 0.161 e. The van der Waals surface area contributed by atoms with Crippen LogP contribution >= 0.6 is 0 Å². The van der Waals surface area contributed by atoms with Gasteiger partial charge in [0.15, 0.2) is 11.5 Å². The Morgan fingerprint density at radius 2 is 2.10 bits per heavy atom. The number of imidazole rings is 1. The van der Waals surface area contributed by atoms with Gasteiger partial charge >= 0.3 is 0 Å². The minimum atomic E-state index is 0.596. The van der Waals surface area contributed by atoms with E-state index in [1.54, 1.807) is 7.11 Å². The molecule has 0 radical (unpaired) electrons. The molecule has 1 aromatic carbocycles. The van der Waals surface area contributed by atoms with Crippen molar-refractivity contribution < 1.29 is 9.47 Å². The molecule has 0 aliphatic carbocycles. The standard InChI is InChI=1S/C15H21N3O2/c1-4-20-14-9-11(5-6-13(14)19-3)15-17-10-12(7-8-16)18(15)2/h5-6,9-10H,4,7-8,16H2,1-3H3. The average Bonchev–Trinajstić information content (AvgIpc) is 2.81. The highest BCUT2D eigenvalue weighted by atomic mass is 16.5. The van der Waals surface area contributed by atoms with Crippen LogP contribution in [0.3, 0.4) is 0 Å². The fraction of sp³-hybridized carbons (Fsp3) is 0.400. The lowest BCUT2D eigenvalue weighted by Crippen LogP contribution is -2.07. The monoisotopic (exact) mass is 275 g/mol. The number of hydrogen-bond acceptors (Lipinski definition) is 4. The largest absolute Gasteiger partial charge is 0.493 e. The molecule has 0 bridgehead atoms. The summed E-state index contributed by atoms with van der Waals surface area (Å²) in [6, 6.07) is 5.84. The summed E-state index contributed by atoms with van der Waals surface area (Å²) >= 11 is 0. The maximum atomic E-state index is 5.60. The van der Waals surface area contributed by atoms with Gasteiger partial charge in [0, 0.05) is 30.9 Å². The second-order valence-corrected chi connectivity index (χ2v) is 4.47. The first-order valence-corrected chi connectivity index (χ1v) is 6.73. The van der Waals surface area contributed by atoms with Gasteiger partial charge in [-0.2, -0.15) is 0 Å². The predicted octanol–water partition coefficient (Wildman–Crippen LogP) is 2.00. The number of rotatable bonds is 6. The minimum absolute atomic E-state index is 0.596. The third-order valence-corrected chi connectivity index (χ3v) is 3.21. The highest BCUT2D eigenvalue weighted by Crippen LogP contribution is 2.32. The zero-order valence-corrected chi connectivity index (χ0v) is 12.2. The molecule has 2 N–H and O–H groups in total. The van der Waals surface area contributed by atoms with Crippen LogP contribution in [0.2, 0.25) is 0 Å². The molecule has 2 rings (SSSR count). The molecule has 0 aliphatic heterocycles. The first-order chi connectivity index (χ1) is 9.71. The van der Waals surface area contributed by atoms with Crippen LogP contribution < -0.4 is 15.2 Å². The first-order valence-electron chi connectivity index (χ1n) is 6.73. The Bertz CT molecular complexity index is 578. The number of benzene rings is 1. The molecule has 0 atom stereocenters. The van der Waals surface area contributed by atoms with Gasteiger partial charge in [-0.15, -0.1) is 0 Å². The lowest BCUT2D eigenvalue weighted by Gasteiger charge is -2.11. The van der Waals surface area contributed by atoms with Crippen LogP contribution in [0.1, 0.15) is 12.6 Å². The van der Waals surface area contributed by atoms with Crippen LogP contribution in [0.4, 0.5) is 0 Å². The van der Waals surface area contributed by atoms with Crippen LogP contribution in [0, 0.1) is 0 Å². The van der Waals surface area contributed by atoms with Crippen molar-refractivity contribution in [3.8, 4) is 22.9 Å². The molecule has 0 saturated heterocycles. The summed E-state index contributed by atoms with van der Waals surface area (Å²) in [6.07, 6.45) is 2.69. The number of hydrogen-bond donors (Lipinski definition) is 1. The Morgan fingerprint density at radius 1 is 1.30 bits per heavy atom. The van der Waals surface area contributed by atoms with Gasteiger partial charge in [-0.3, -0.25) is 0 Å². The summed E-state index contributed by atoms with van der Waals surface area (Å²) in [5.74, 6) is 2.36. The molecule has 5 heteroatoms. The molecule has 0 spiro atoms. The van der Waals surface area contributed by atoms with Crippen molar-refractivity contribution in [1.82, 2.24) is 9.55 Å². The van der Waals surface area contributed by atoms with E-state index in [1.807, 2.05) is 38.4 Å². The van der Waals surface area contributed by atoms with Gasteiger partial charge in [0.05, 0.1) is 13.7 Å². The quantitative estimate of drug-likeness (QED) is 0.876. The normalized spacial score (nSPS) is 10.6. The molecule has 108 valence electrons. The van der Waals surface area contributed by atoms with E-state index < -0.39 is 0 Å². The van der Waals surface area contributed by atoms with Crippen LogP contribution in [0.15, 0.2) is 24.4 Å². The van der Waals surface area contributed by atoms with Gasteiger partial charge in [0.1, 0.15) is 5.82 Å². The average molecular weight is 275 g/mol. The van der Waals surface area contributed by atoms with Gasteiger partial charge in [0.2, 0.25) is 0 Å². The molecule has 0 unspecified atom stereocenters. The van der Waals surface area contributed by atoms with E-state index >= 15 is 0 Å². The SMILES string of the molecule is CCOc1cc(-c2ncc(CCN)n2C)ccc1OC. The summed E-state index contributed by atoms with van der Waals surface area (Å²) in [4.78, 5) is 4.47. The topological polar surface area (TPSA) is 62.3 Å². The number of aromatic nitrogens is 2. The number of methoxy groups -OCH3 is 1. The van der Waals surface area contributed by atoms with Gasteiger partial charge in [-0.05, 0) is 31.7 Å². The Hall–Kier alpha value is -2.01. The zero-order valence-electron chi connectivity index (χ0n) is 12.2. The van der Waals surface area contributed by atoms with Crippen molar-refractivity contribution in [1.29, 1.82) is 0 Å². The summed E-state index contributed by atoms with van der Waals surface area (Å²) in [5, 5.41) is 0. The zero-order chi connectivity index (χ0) is 14.5. The molecule has 0 aliphatic rings. The molecule has 20 heavy (non-hydrogen) atoms. The Kier molecular flexibility index (Phi) is 4.63. The van der Waals surface area contributed by atoms with Crippen LogP contribution in [0.25, 0.3) is 11.4 Å². The third-order valence-electron chi connectivity index (χ3n) is 3.21. The fourth-order valence-corrected chi connectivity index (χ4v) is 2.18. The van der Waals surface area contributed by atoms with E-state index in [0.29, 0.717) is 13.2 Å². The lowest BCUT2D eigenvalue weighted by molar-refractivity contribution is 0.311. The van der Waals surface area contributed by atoms with Gasteiger partial charge < -0.3 is 19.8 Å². The van der Waals surface area contributed by atoms with E-state index in [1.165, 1.54) is 0 Å². The molecule has 0 amide bonds. The minimum Gasteiger partial charge on any atom is -0.493 e. The van der Waals surface area contributed by atoms with Crippen molar-refractivity contribution >= 4 is 0 Å². The van der Waals surface area contributed by atoms with Crippen molar-refractivity contribution in [2.24, 2.45) is 12.8 Å². The second-order valence-electron chi connectivity index (χ2n) is 4.47. The van der Waals surface area contributed by atoms with E-state index in [9.17, 15) is 0 Å². The highest BCUT2D eigenvalue weighted by molar-refractivity contribution is 5.62. The number of ether oxygens (including phenoxy) is 2. The molecule has 5 nitrogen and oxygen atoms in total. The molecule has 1 heterocycles.